The molecule has 3 rings (SSSR count). The number of benzene rings is 1. The predicted molar refractivity (Wildman–Crippen MR) is 128 cm³/mol. The zero-order valence-corrected chi connectivity index (χ0v) is 20.5. The van der Waals surface area contributed by atoms with Gasteiger partial charge in [-0.25, -0.2) is 0 Å². The van der Waals surface area contributed by atoms with Crippen LogP contribution < -0.4 is 5.32 Å². The van der Waals surface area contributed by atoms with E-state index in [0.29, 0.717) is 24.6 Å². The number of hydrogen-bond donors (Lipinski definition) is 3. The van der Waals surface area contributed by atoms with Crippen molar-refractivity contribution < 1.29 is 24.5 Å². The van der Waals surface area contributed by atoms with Crippen molar-refractivity contribution in [3.05, 3.63) is 23.3 Å². The van der Waals surface area contributed by atoms with Gasteiger partial charge in [-0.05, 0) is 68.4 Å². The van der Waals surface area contributed by atoms with E-state index in [9.17, 15) is 19.8 Å². The smallest absolute Gasteiger partial charge is 0.323 e. The van der Waals surface area contributed by atoms with E-state index in [1.807, 2.05) is 13.8 Å². The number of phenolic OH excluding ortho intramolecular Hbond substituents is 2. The number of aromatic hydroxyl groups is 2. The second-order valence-electron chi connectivity index (χ2n) is 10.3. The van der Waals surface area contributed by atoms with Gasteiger partial charge in [-0.3, -0.25) is 9.59 Å². The summed E-state index contributed by atoms with van der Waals surface area (Å²) in [6.07, 6.45) is 6.42. The Morgan fingerprint density at radius 3 is 2.24 bits per heavy atom. The number of nitrogens with zero attached hydrogens (tertiary/aromatic N) is 1. The van der Waals surface area contributed by atoms with Gasteiger partial charge in [0.1, 0.15) is 23.6 Å². The van der Waals surface area contributed by atoms with Crippen LogP contribution in [-0.4, -0.2) is 58.3 Å². The van der Waals surface area contributed by atoms with Crippen LogP contribution >= 0.6 is 0 Å². The molecule has 33 heavy (non-hydrogen) atoms. The minimum Gasteiger partial charge on any atom is -0.508 e. The Bertz CT molecular complexity index is 824. The third kappa shape index (κ3) is 6.62. The van der Waals surface area contributed by atoms with Crippen molar-refractivity contribution in [3.8, 4) is 11.5 Å². The molecule has 1 saturated carbocycles. The third-order valence-electron chi connectivity index (χ3n) is 6.79. The first kappa shape index (κ1) is 25.3. The molecule has 1 aliphatic heterocycles. The van der Waals surface area contributed by atoms with Crippen LogP contribution in [0, 0.1) is 5.92 Å². The average molecular weight is 461 g/mol. The Labute approximate surface area is 197 Å². The van der Waals surface area contributed by atoms with E-state index >= 15 is 0 Å². The van der Waals surface area contributed by atoms with Crippen LogP contribution in [0.5, 0.6) is 11.5 Å². The van der Waals surface area contributed by atoms with E-state index in [4.69, 9.17) is 4.74 Å². The number of esters is 1. The van der Waals surface area contributed by atoms with Crippen LogP contribution in [0.15, 0.2) is 12.1 Å². The van der Waals surface area contributed by atoms with Crippen LogP contribution in [0.3, 0.4) is 0 Å². The van der Waals surface area contributed by atoms with Gasteiger partial charge in [-0.2, -0.15) is 0 Å². The molecule has 1 amide bonds. The molecule has 1 atom stereocenters. The molecule has 1 aliphatic carbocycles. The highest BCUT2D eigenvalue weighted by Gasteiger charge is 2.31. The van der Waals surface area contributed by atoms with Crippen LogP contribution in [0.25, 0.3) is 0 Å². The zero-order chi connectivity index (χ0) is 24.1. The molecule has 1 aromatic rings. The second kappa shape index (κ2) is 11.2. The van der Waals surface area contributed by atoms with Crippen molar-refractivity contribution in [1.82, 2.24) is 10.2 Å². The van der Waals surface area contributed by atoms with Gasteiger partial charge >= 0.3 is 5.97 Å². The summed E-state index contributed by atoms with van der Waals surface area (Å²) >= 11 is 0. The van der Waals surface area contributed by atoms with Crippen molar-refractivity contribution in [2.75, 3.05) is 13.1 Å². The highest BCUT2D eigenvalue weighted by molar-refractivity contribution is 5.97. The van der Waals surface area contributed by atoms with Crippen LogP contribution in [0.1, 0.15) is 94.5 Å². The van der Waals surface area contributed by atoms with Gasteiger partial charge in [0.2, 0.25) is 0 Å². The normalized spacial score (nSPS) is 18.8. The lowest BCUT2D eigenvalue weighted by molar-refractivity contribution is -0.152. The van der Waals surface area contributed by atoms with Crippen LogP contribution in [0.2, 0.25) is 0 Å². The molecule has 7 heteroatoms. The molecule has 184 valence electrons. The molecular formula is C26H40N2O5. The second-order valence-corrected chi connectivity index (χ2v) is 10.3. The highest BCUT2D eigenvalue weighted by atomic mass is 16.5. The number of hydrogen-bond acceptors (Lipinski definition) is 6. The predicted octanol–water partition coefficient (Wildman–Crippen LogP) is 4.32. The molecular weight excluding hydrogens is 420 g/mol. The van der Waals surface area contributed by atoms with Crippen LogP contribution in [-0.2, 0) is 9.53 Å². The fraction of sp³-hybridized carbons (Fsp3) is 0.692. The SMILES string of the molecule is CC(C)C[C@@H](NC1CCN(C(=O)c2cc(C(C)C)c(O)cc2O)CC1)C(=O)OC1CCCC1. The Kier molecular flexibility index (Phi) is 8.63. The maximum atomic E-state index is 13.1. The highest BCUT2D eigenvalue weighted by Crippen LogP contribution is 2.33. The molecule has 2 fully saturated rings. The summed E-state index contributed by atoms with van der Waals surface area (Å²) in [7, 11) is 0. The van der Waals surface area contributed by atoms with E-state index in [-0.39, 0.29) is 53.0 Å². The molecule has 0 radical (unpaired) electrons. The number of phenols is 2. The van der Waals surface area contributed by atoms with E-state index in [1.54, 1.807) is 11.0 Å². The fourth-order valence-corrected chi connectivity index (χ4v) is 4.89. The number of likely N-dealkylation sites (tertiary alicyclic amines) is 1. The van der Waals surface area contributed by atoms with Gasteiger partial charge < -0.3 is 25.2 Å². The molecule has 0 bridgehead atoms. The molecule has 0 unspecified atom stereocenters. The number of piperidine rings is 1. The van der Waals surface area contributed by atoms with Gasteiger partial charge in [0, 0.05) is 25.2 Å². The molecule has 1 saturated heterocycles. The molecule has 7 nitrogen and oxygen atoms in total. The van der Waals surface area contributed by atoms with Gasteiger partial charge in [0.25, 0.3) is 5.91 Å². The van der Waals surface area contributed by atoms with E-state index in [0.717, 1.165) is 44.9 Å². The van der Waals surface area contributed by atoms with Gasteiger partial charge in [-0.15, -0.1) is 0 Å². The lowest BCUT2D eigenvalue weighted by Crippen LogP contribution is -2.51. The standard InChI is InChI=1S/C26H40N2O5/c1-16(2)13-22(26(32)33-19-7-5-6-8-19)27-18-9-11-28(12-10-18)25(31)21-14-20(17(3)4)23(29)15-24(21)30/h14-19,22,27,29-30H,5-13H2,1-4H3/t22-/m1/s1. The fourth-order valence-electron chi connectivity index (χ4n) is 4.89. The first-order valence-electron chi connectivity index (χ1n) is 12.5. The number of nitrogens with one attached hydrogen (secondary N) is 1. The maximum Gasteiger partial charge on any atom is 0.323 e. The van der Waals surface area contributed by atoms with Crippen molar-refractivity contribution >= 4 is 11.9 Å². The van der Waals surface area contributed by atoms with Crippen molar-refractivity contribution in [2.45, 2.75) is 96.7 Å². The topological polar surface area (TPSA) is 99.1 Å². The van der Waals surface area contributed by atoms with Crippen LogP contribution in [0.4, 0.5) is 0 Å². The number of carbonyl (C=O) groups excluding carboxylic acids is 2. The molecule has 0 spiro atoms. The van der Waals surface area contributed by atoms with Gasteiger partial charge in [0.05, 0.1) is 5.56 Å². The summed E-state index contributed by atoms with van der Waals surface area (Å²) in [5, 5.41) is 23.8. The number of amides is 1. The summed E-state index contributed by atoms with van der Waals surface area (Å²) in [4.78, 5) is 27.6. The monoisotopic (exact) mass is 460 g/mol. The first-order valence-corrected chi connectivity index (χ1v) is 12.5. The van der Waals surface area contributed by atoms with Crippen molar-refractivity contribution in [3.63, 3.8) is 0 Å². The lowest BCUT2D eigenvalue weighted by Gasteiger charge is -2.35. The lowest BCUT2D eigenvalue weighted by atomic mass is 9.97. The molecule has 3 N–H and O–H groups in total. The largest absolute Gasteiger partial charge is 0.508 e. The quantitative estimate of drug-likeness (QED) is 0.500. The van der Waals surface area contributed by atoms with Gasteiger partial charge in [-0.1, -0.05) is 27.7 Å². The number of ether oxygens (including phenoxy) is 1. The summed E-state index contributed by atoms with van der Waals surface area (Å²) < 4.78 is 5.77. The van der Waals surface area contributed by atoms with Gasteiger partial charge in [0.15, 0.2) is 0 Å². The summed E-state index contributed by atoms with van der Waals surface area (Å²) in [6, 6.07) is 2.66. The van der Waals surface area contributed by atoms with Crippen molar-refractivity contribution in [1.29, 1.82) is 0 Å². The Morgan fingerprint density at radius 1 is 1.03 bits per heavy atom. The Balaban J connectivity index is 1.59. The zero-order valence-electron chi connectivity index (χ0n) is 20.5. The van der Waals surface area contributed by atoms with E-state index in [1.165, 1.54) is 6.07 Å². The first-order chi connectivity index (χ1) is 15.7. The average Bonchev–Trinajstić information content (AvgIpc) is 3.26. The molecule has 0 aromatic heterocycles. The van der Waals surface area contributed by atoms with E-state index < -0.39 is 0 Å². The third-order valence-corrected chi connectivity index (χ3v) is 6.79. The Morgan fingerprint density at radius 2 is 1.67 bits per heavy atom. The van der Waals surface area contributed by atoms with Crippen molar-refractivity contribution in [2.24, 2.45) is 5.92 Å². The molecule has 1 heterocycles. The minimum absolute atomic E-state index is 0.00245. The maximum absolute atomic E-state index is 13.1. The summed E-state index contributed by atoms with van der Waals surface area (Å²) in [5.41, 5.74) is 0.866. The van der Waals surface area contributed by atoms with E-state index in [2.05, 4.69) is 19.2 Å². The minimum atomic E-state index is -0.326. The number of rotatable bonds is 8. The summed E-state index contributed by atoms with van der Waals surface area (Å²) in [5.74, 6) is -0.171. The summed E-state index contributed by atoms with van der Waals surface area (Å²) in [6.45, 7) is 9.16. The Hall–Kier alpha value is -2.28. The molecule has 2 aliphatic rings. The number of carbonyl (C=O) groups is 2. The molecule has 1 aromatic carbocycles.